The highest BCUT2D eigenvalue weighted by molar-refractivity contribution is 7.21. The molecule has 2 amide bonds. The number of aliphatic hydroxyl groups excluding tert-OH is 1. The number of fused-ring (bicyclic) bond motifs is 2. The highest BCUT2D eigenvalue weighted by Crippen LogP contribution is 2.34. The van der Waals surface area contributed by atoms with Crippen molar-refractivity contribution in [1.29, 1.82) is 0 Å². The van der Waals surface area contributed by atoms with Crippen LogP contribution in [0.2, 0.25) is 0 Å². The Morgan fingerprint density at radius 2 is 2.00 bits per heavy atom. The summed E-state index contributed by atoms with van der Waals surface area (Å²) in [5, 5.41) is 17.3. The fraction of sp³-hybridized carbons (Fsp3) is 0.320. The lowest BCUT2D eigenvalue weighted by Crippen LogP contribution is -2.30. The maximum Gasteiger partial charge on any atom is 0.326 e. The van der Waals surface area contributed by atoms with Crippen LogP contribution in [-0.4, -0.2) is 56.7 Å². The molecule has 1 aliphatic carbocycles. The smallest absolute Gasteiger partial charge is 0.326 e. The van der Waals surface area contributed by atoms with Gasteiger partial charge in [0, 0.05) is 42.1 Å². The molecule has 0 radical (unpaired) electrons. The van der Waals surface area contributed by atoms with E-state index in [1.165, 1.54) is 11.3 Å². The summed E-state index contributed by atoms with van der Waals surface area (Å²) in [5.74, 6) is -0.0618. The minimum absolute atomic E-state index is 0.0618. The van der Waals surface area contributed by atoms with Gasteiger partial charge in [0.1, 0.15) is 0 Å². The number of hydrogen-bond acceptors (Lipinski definition) is 6. The molecule has 0 bridgehead atoms. The Labute approximate surface area is 200 Å². The molecule has 3 N–H and O–H groups in total. The third-order valence-electron chi connectivity index (χ3n) is 6.45. The summed E-state index contributed by atoms with van der Waals surface area (Å²) in [7, 11) is 0. The summed E-state index contributed by atoms with van der Waals surface area (Å²) < 4.78 is 2.64. The van der Waals surface area contributed by atoms with E-state index in [1.54, 1.807) is 15.7 Å². The van der Waals surface area contributed by atoms with Crippen molar-refractivity contribution in [1.82, 2.24) is 19.8 Å². The van der Waals surface area contributed by atoms with Crippen molar-refractivity contribution in [3.8, 4) is 0 Å². The van der Waals surface area contributed by atoms with Crippen molar-refractivity contribution in [2.45, 2.75) is 38.3 Å². The van der Waals surface area contributed by atoms with Crippen molar-refractivity contribution in [2.75, 3.05) is 18.4 Å². The van der Waals surface area contributed by atoms with E-state index in [2.05, 4.69) is 15.6 Å². The van der Waals surface area contributed by atoms with Gasteiger partial charge in [0.15, 0.2) is 0 Å². The molecule has 174 valence electrons. The second-order valence-electron chi connectivity index (χ2n) is 9.12. The Morgan fingerprint density at radius 1 is 1.15 bits per heavy atom. The van der Waals surface area contributed by atoms with Gasteiger partial charge in [-0.1, -0.05) is 0 Å². The van der Waals surface area contributed by atoms with Crippen molar-refractivity contribution in [3.63, 3.8) is 0 Å². The first-order valence-corrected chi connectivity index (χ1v) is 12.3. The summed E-state index contributed by atoms with van der Waals surface area (Å²) in [6, 6.07) is 11.9. The van der Waals surface area contributed by atoms with E-state index < -0.39 is 6.10 Å². The van der Waals surface area contributed by atoms with Crippen LogP contribution in [0.4, 0.5) is 16.2 Å². The molecule has 4 heterocycles. The molecule has 8 nitrogen and oxygen atoms in total. The molecular weight excluding hydrogens is 450 g/mol. The second kappa shape index (κ2) is 8.11. The number of likely N-dealkylation sites (tertiary alicyclic amines) is 1. The average molecular weight is 476 g/mol. The van der Waals surface area contributed by atoms with E-state index in [1.807, 2.05) is 43.3 Å². The van der Waals surface area contributed by atoms with Crippen molar-refractivity contribution in [2.24, 2.45) is 0 Å². The third kappa shape index (κ3) is 3.80. The Bertz CT molecular complexity index is 1440. The van der Waals surface area contributed by atoms with E-state index in [9.17, 15) is 14.7 Å². The fourth-order valence-corrected chi connectivity index (χ4v) is 5.60. The number of pyridine rings is 1. The molecular formula is C25H25N5O3S. The Kier molecular flexibility index (Phi) is 5.04. The van der Waals surface area contributed by atoms with Gasteiger partial charge in [0.2, 0.25) is 0 Å². The molecule has 1 saturated heterocycles. The predicted molar refractivity (Wildman–Crippen MR) is 133 cm³/mol. The Hall–Kier alpha value is -3.43. The van der Waals surface area contributed by atoms with Crippen LogP contribution in [-0.2, 0) is 0 Å². The molecule has 0 spiro atoms. The number of amides is 2. The minimum Gasteiger partial charge on any atom is -0.391 e. The molecule has 1 saturated carbocycles. The van der Waals surface area contributed by atoms with Crippen LogP contribution in [0.25, 0.3) is 21.1 Å². The molecule has 2 aliphatic rings. The molecule has 1 unspecified atom stereocenters. The van der Waals surface area contributed by atoms with Gasteiger partial charge in [0.05, 0.1) is 32.4 Å². The number of thiophene rings is 1. The van der Waals surface area contributed by atoms with Crippen molar-refractivity contribution < 1.29 is 14.7 Å². The predicted octanol–water partition coefficient (Wildman–Crippen LogP) is 4.23. The number of benzene rings is 1. The highest BCUT2D eigenvalue weighted by atomic mass is 32.1. The summed E-state index contributed by atoms with van der Waals surface area (Å²) in [6.07, 6.45) is 4.00. The first kappa shape index (κ1) is 21.1. The molecule has 2 fully saturated rings. The molecule has 1 aromatic carbocycles. The second-order valence-corrected chi connectivity index (χ2v) is 10.2. The lowest BCUT2D eigenvalue weighted by Gasteiger charge is -2.13. The Balaban J connectivity index is 1.28. The van der Waals surface area contributed by atoms with Gasteiger partial charge >= 0.3 is 6.03 Å². The number of aliphatic hydroxyl groups is 1. The van der Waals surface area contributed by atoms with E-state index in [0.29, 0.717) is 30.4 Å². The van der Waals surface area contributed by atoms with E-state index in [0.717, 1.165) is 51.0 Å². The number of nitrogens with zero attached hydrogens (tertiary/aromatic N) is 3. The number of hydrogen-bond donors (Lipinski definition) is 3. The number of aromatic nitrogens is 2. The molecule has 3 aromatic heterocycles. The van der Waals surface area contributed by atoms with Crippen molar-refractivity contribution >= 4 is 55.8 Å². The lowest BCUT2D eigenvalue weighted by atomic mass is 10.2. The van der Waals surface area contributed by atoms with Crippen LogP contribution in [0.15, 0.2) is 42.6 Å². The topological polar surface area (TPSA) is 99.5 Å². The molecule has 1 atom stereocenters. The number of nitrogens with one attached hydrogen (secondary N) is 2. The normalized spacial score (nSPS) is 18.1. The van der Waals surface area contributed by atoms with Gasteiger partial charge in [-0.2, -0.15) is 0 Å². The average Bonchev–Trinajstić information content (AvgIpc) is 3.20. The fourth-order valence-electron chi connectivity index (χ4n) is 4.55. The van der Waals surface area contributed by atoms with Gasteiger partial charge in [-0.15, -0.1) is 11.3 Å². The van der Waals surface area contributed by atoms with Gasteiger partial charge in [-0.05, 0) is 62.6 Å². The number of anilines is 2. The summed E-state index contributed by atoms with van der Waals surface area (Å²) >= 11 is 1.41. The van der Waals surface area contributed by atoms with Crippen LogP contribution in [0.3, 0.4) is 0 Å². The van der Waals surface area contributed by atoms with Crippen LogP contribution in [0, 0.1) is 6.92 Å². The molecule has 6 rings (SSSR count). The maximum atomic E-state index is 12.9. The lowest BCUT2D eigenvalue weighted by molar-refractivity contribution is 0.0769. The zero-order chi connectivity index (χ0) is 23.4. The van der Waals surface area contributed by atoms with E-state index in [-0.39, 0.29) is 11.9 Å². The number of carbonyl (C=O) groups excluding carboxylic acids is 2. The number of aryl methyl sites for hydroxylation is 1. The number of carbonyl (C=O) groups is 2. The molecule has 1 aliphatic heterocycles. The molecule has 4 aromatic rings. The largest absolute Gasteiger partial charge is 0.391 e. The molecule has 34 heavy (non-hydrogen) atoms. The zero-order valence-corrected chi connectivity index (χ0v) is 19.6. The van der Waals surface area contributed by atoms with E-state index in [4.69, 9.17) is 0 Å². The highest BCUT2D eigenvalue weighted by Gasteiger charge is 2.27. The summed E-state index contributed by atoms with van der Waals surface area (Å²) in [5.41, 5.74) is 4.29. The zero-order valence-electron chi connectivity index (χ0n) is 18.7. The van der Waals surface area contributed by atoms with Crippen LogP contribution >= 0.6 is 11.3 Å². The number of β-amino-alcohol motifs (C(OH)–C–C–N with tert-alkyl or cyclic N) is 1. The standard InChI is InChI=1S/C25H25N5O3S/c1-14-10-15-11-17(4-5-21(15)30(14)25(33)28-16-2-3-16)27-19-6-8-26-20-12-22(34-23(19)20)24(32)29-9-7-18(31)13-29/h4-6,8,10-12,16,18,31H,2-3,7,9,13H2,1H3,(H,26,27)(H,28,33). The first-order chi connectivity index (χ1) is 16.5. The van der Waals surface area contributed by atoms with Crippen LogP contribution < -0.4 is 10.6 Å². The third-order valence-corrected chi connectivity index (χ3v) is 7.59. The quantitative estimate of drug-likeness (QED) is 0.410. The minimum atomic E-state index is -0.443. The first-order valence-electron chi connectivity index (χ1n) is 11.5. The summed E-state index contributed by atoms with van der Waals surface area (Å²) in [4.78, 5) is 32.3. The van der Waals surface area contributed by atoms with Gasteiger partial charge in [0.25, 0.3) is 5.91 Å². The maximum absolute atomic E-state index is 12.9. The molecule has 9 heteroatoms. The van der Waals surface area contributed by atoms with Crippen LogP contribution in [0.5, 0.6) is 0 Å². The van der Waals surface area contributed by atoms with Gasteiger partial charge in [-0.25, -0.2) is 4.79 Å². The summed E-state index contributed by atoms with van der Waals surface area (Å²) in [6.45, 7) is 2.89. The van der Waals surface area contributed by atoms with Crippen LogP contribution in [0.1, 0.15) is 34.6 Å². The number of rotatable bonds is 4. The monoisotopic (exact) mass is 475 g/mol. The van der Waals surface area contributed by atoms with Gasteiger partial charge in [-0.3, -0.25) is 14.3 Å². The SMILES string of the molecule is Cc1cc2cc(Nc3ccnc4cc(C(=O)N5CCC(O)C5)sc34)ccc2n1C(=O)NC1CC1. The Morgan fingerprint density at radius 3 is 2.76 bits per heavy atom. The van der Waals surface area contributed by atoms with E-state index >= 15 is 0 Å². The van der Waals surface area contributed by atoms with Crippen molar-refractivity contribution in [3.05, 3.63) is 53.2 Å². The van der Waals surface area contributed by atoms with Gasteiger partial charge < -0.3 is 20.6 Å².